The number of hydrogen-bond acceptors (Lipinski definition) is 5. The zero-order valence-electron chi connectivity index (χ0n) is 11.1. The van der Waals surface area contributed by atoms with Crippen LogP contribution in [0.3, 0.4) is 0 Å². The van der Waals surface area contributed by atoms with Gasteiger partial charge in [-0.15, -0.1) is 0 Å². The van der Waals surface area contributed by atoms with Crippen molar-refractivity contribution in [1.82, 2.24) is 15.1 Å². The molecule has 0 spiro atoms. The van der Waals surface area contributed by atoms with Crippen LogP contribution in [0, 0.1) is 12.3 Å². The van der Waals surface area contributed by atoms with Gasteiger partial charge in [-0.1, -0.05) is 32.0 Å². The van der Waals surface area contributed by atoms with Gasteiger partial charge in [0.25, 0.3) is 0 Å². The Morgan fingerprint density at radius 3 is 2.67 bits per heavy atom. The van der Waals surface area contributed by atoms with Crippen LogP contribution in [0.15, 0.2) is 22.9 Å². The van der Waals surface area contributed by atoms with Crippen LogP contribution in [0.4, 0.5) is 0 Å². The van der Waals surface area contributed by atoms with E-state index in [1.54, 1.807) is 6.20 Å². The highest BCUT2D eigenvalue weighted by atomic mass is 16.5. The second-order valence-corrected chi connectivity index (χ2v) is 5.47. The average Bonchev–Trinajstić information content (AvgIpc) is 2.76. The van der Waals surface area contributed by atoms with Gasteiger partial charge in [0.05, 0.1) is 6.04 Å². The van der Waals surface area contributed by atoms with E-state index < -0.39 is 0 Å². The summed E-state index contributed by atoms with van der Waals surface area (Å²) in [6, 6.07) is 3.55. The number of aryl methyl sites for hydroxylation is 1. The lowest BCUT2D eigenvalue weighted by Gasteiger charge is -2.23. The summed E-state index contributed by atoms with van der Waals surface area (Å²) in [5.74, 6) is 0.936. The van der Waals surface area contributed by atoms with E-state index in [2.05, 4.69) is 15.1 Å². The van der Waals surface area contributed by atoms with E-state index in [1.165, 1.54) is 0 Å². The molecule has 5 nitrogen and oxygen atoms in total. The molecule has 0 amide bonds. The predicted molar refractivity (Wildman–Crippen MR) is 68.6 cm³/mol. The van der Waals surface area contributed by atoms with Gasteiger partial charge in [0, 0.05) is 6.20 Å². The minimum absolute atomic E-state index is 0.122. The van der Waals surface area contributed by atoms with Crippen LogP contribution in [0.5, 0.6) is 0 Å². The molecule has 0 aliphatic rings. The predicted octanol–water partition coefficient (Wildman–Crippen LogP) is 2.49. The molecule has 2 aromatic heterocycles. The molecular weight excluding hydrogens is 228 g/mol. The molecule has 2 rings (SSSR count). The topological polar surface area (TPSA) is 77.8 Å². The fourth-order valence-electron chi connectivity index (χ4n) is 1.55. The number of pyridine rings is 1. The van der Waals surface area contributed by atoms with E-state index in [9.17, 15) is 0 Å². The van der Waals surface area contributed by atoms with Crippen molar-refractivity contribution in [1.29, 1.82) is 0 Å². The van der Waals surface area contributed by atoms with Crippen molar-refractivity contribution in [2.24, 2.45) is 11.1 Å². The Bertz CT molecular complexity index is 542. The summed E-state index contributed by atoms with van der Waals surface area (Å²) < 4.78 is 5.24. The minimum atomic E-state index is -0.289. The zero-order valence-corrected chi connectivity index (χ0v) is 11.1. The lowest BCUT2D eigenvalue weighted by atomic mass is 9.87. The van der Waals surface area contributed by atoms with Crippen LogP contribution in [0.25, 0.3) is 11.5 Å². The lowest BCUT2D eigenvalue weighted by Crippen LogP contribution is -2.26. The molecule has 96 valence electrons. The Morgan fingerprint density at radius 1 is 1.33 bits per heavy atom. The highest BCUT2D eigenvalue weighted by Gasteiger charge is 2.28. The fourth-order valence-corrected chi connectivity index (χ4v) is 1.55. The van der Waals surface area contributed by atoms with Gasteiger partial charge < -0.3 is 10.3 Å². The molecule has 18 heavy (non-hydrogen) atoms. The van der Waals surface area contributed by atoms with Crippen LogP contribution in [0.1, 0.15) is 38.3 Å². The third-order valence-corrected chi connectivity index (χ3v) is 2.86. The third-order valence-electron chi connectivity index (χ3n) is 2.86. The summed E-state index contributed by atoms with van der Waals surface area (Å²) in [6.45, 7) is 8.07. The van der Waals surface area contributed by atoms with E-state index in [-0.39, 0.29) is 11.5 Å². The molecule has 0 bridgehead atoms. The summed E-state index contributed by atoms with van der Waals surface area (Å²) in [6.07, 6.45) is 1.71. The van der Waals surface area contributed by atoms with Gasteiger partial charge in [0.2, 0.25) is 11.7 Å². The first-order chi connectivity index (χ1) is 8.39. The fraction of sp³-hybridized carbons (Fsp3) is 0.462. The molecule has 1 unspecified atom stereocenters. The highest BCUT2D eigenvalue weighted by Crippen LogP contribution is 2.30. The third kappa shape index (κ3) is 2.41. The van der Waals surface area contributed by atoms with Crippen LogP contribution >= 0.6 is 0 Å². The normalized spacial score (nSPS) is 13.6. The van der Waals surface area contributed by atoms with Gasteiger partial charge in [-0.25, -0.2) is 0 Å². The molecule has 2 heterocycles. The molecule has 2 aromatic rings. The summed E-state index contributed by atoms with van der Waals surface area (Å²) in [5.41, 5.74) is 7.70. The summed E-state index contributed by atoms with van der Waals surface area (Å²) in [4.78, 5) is 8.60. The zero-order chi connectivity index (χ0) is 13.3. The molecule has 0 aromatic carbocycles. The monoisotopic (exact) mass is 246 g/mol. The second-order valence-electron chi connectivity index (χ2n) is 5.47. The van der Waals surface area contributed by atoms with E-state index >= 15 is 0 Å². The summed E-state index contributed by atoms with van der Waals surface area (Å²) in [7, 11) is 0. The minimum Gasteiger partial charge on any atom is -0.337 e. The maximum Gasteiger partial charge on any atom is 0.244 e. The van der Waals surface area contributed by atoms with E-state index in [0.717, 1.165) is 11.3 Å². The molecule has 0 radical (unpaired) electrons. The Hall–Kier alpha value is -1.75. The van der Waals surface area contributed by atoms with E-state index in [4.69, 9.17) is 10.3 Å². The van der Waals surface area contributed by atoms with Gasteiger partial charge in [-0.05, 0) is 24.0 Å². The quantitative estimate of drug-likeness (QED) is 0.880. The number of hydrogen-bond donors (Lipinski definition) is 1. The molecule has 0 aliphatic carbocycles. The number of aromatic nitrogens is 3. The highest BCUT2D eigenvalue weighted by molar-refractivity contribution is 5.53. The molecule has 0 saturated heterocycles. The molecule has 5 heteroatoms. The molecule has 1 atom stereocenters. The molecule has 0 aliphatic heterocycles. The Kier molecular flexibility index (Phi) is 3.17. The maximum atomic E-state index is 6.08. The van der Waals surface area contributed by atoms with Crippen molar-refractivity contribution in [3.63, 3.8) is 0 Å². The molecule has 2 N–H and O–H groups in total. The Labute approximate surface area is 106 Å². The van der Waals surface area contributed by atoms with Crippen LogP contribution in [-0.2, 0) is 0 Å². The van der Waals surface area contributed by atoms with E-state index in [1.807, 2.05) is 39.8 Å². The average molecular weight is 246 g/mol. The van der Waals surface area contributed by atoms with Gasteiger partial charge in [-0.2, -0.15) is 4.98 Å². The summed E-state index contributed by atoms with van der Waals surface area (Å²) >= 11 is 0. The van der Waals surface area contributed by atoms with Crippen molar-refractivity contribution in [3.8, 4) is 11.5 Å². The van der Waals surface area contributed by atoms with Crippen LogP contribution in [0.2, 0.25) is 0 Å². The van der Waals surface area contributed by atoms with Crippen molar-refractivity contribution in [2.75, 3.05) is 0 Å². The van der Waals surface area contributed by atoms with Crippen molar-refractivity contribution in [2.45, 2.75) is 33.7 Å². The van der Waals surface area contributed by atoms with Gasteiger partial charge in [-0.3, -0.25) is 4.98 Å². The lowest BCUT2D eigenvalue weighted by molar-refractivity contribution is 0.253. The Balaban J connectivity index is 2.35. The summed E-state index contributed by atoms with van der Waals surface area (Å²) in [5, 5.41) is 3.95. The van der Waals surface area contributed by atoms with Gasteiger partial charge in [0.1, 0.15) is 5.69 Å². The first-order valence-corrected chi connectivity index (χ1v) is 5.91. The number of nitrogens with two attached hydrogens (primary N) is 1. The van der Waals surface area contributed by atoms with Gasteiger partial charge >= 0.3 is 0 Å². The Morgan fingerprint density at radius 2 is 2.06 bits per heavy atom. The first-order valence-electron chi connectivity index (χ1n) is 5.91. The van der Waals surface area contributed by atoms with Crippen molar-refractivity contribution in [3.05, 3.63) is 29.8 Å². The molecule has 0 saturated carbocycles. The molecule has 0 fully saturated rings. The first kappa shape index (κ1) is 12.7. The number of rotatable bonds is 2. The van der Waals surface area contributed by atoms with Crippen LogP contribution in [-0.4, -0.2) is 15.1 Å². The van der Waals surface area contributed by atoms with E-state index in [0.29, 0.717) is 11.7 Å². The number of nitrogens with zero attached hydrogens (tertiary/aromatic N) is 3. The van der Waals surface area contributed by atoms with Crippen molar-refractivity contribution < 1.29 is 4.52 Å². The standard InChI is InChI=1S/C13H18N4O/c1-8-6-5-7-15-9(8)11-16-12(18-17-11)10(14)13(2,3)4/h5-7,10H,14H2,1-4H3. The largest absolute Gasteiger partial charge is 0.337 e. The van der Waals surface area contributed by atoms with Crippen molar-refractivity contribution >= 4 is 0 Å². The maximum absolute atomic E-state index is 6.08. The second kappa shape index (κ2) is 4.49. The SMILES string of the molecule is Cc1cccnc1-c1noc(C(N)C(C)(C)C)n1. The smallest absolute Gasteiger partial charge is 0.244 e. The van der Waals surface area contributed by atoms with Crippen LogP contribution < -0.4 is 5.73 Å². The molecular formula is C13H18N4O. The van der Waals surface area contributed by atoms with Gasteiger partial charge in [0.15, 0.2) is 0 Å².